The molecule has 2 heterocycles. The number of H-pyrrole nitrogens is 1. The molecule has 0 saturated carbocycles. The maximum Gasteiger partial charge on any atom is 0.410 e. The van der Waals surface area contributed by atoms with Crippen molar-refractivity contribution in [3.8, 4) is 5.88 Å². The molecular weight excluding hydrogens is 598 g/mol. The van der Waals surface area contributed by atoms with Gasteiger partial charge >= 0.3 is 12.1 Å². The molecule has 47 heavy (non-hydrogen) atoms. The van der Waals surface area contributed by atoms with Gasteiger partial charge in [0.1, 0.15) is 5.60 Å². The van der Waals surface area contributed by atoms with Gasteiger partial charge in [0.2, 0.25) is 5.91 Å². The molecular formula is C36H41N5O6. The fraction of sp³-hybridized carbons (Fsp3) is 0.333. The normalized spacial score (nSPS) is 14.2. The molecule has 0 bridgehead atoms. The molecule has 3 aromatic carbocycles. The summed E-state index contributed by atoms with van der Waals surface area (Å²) in [4.78, 5) is 50.9. The van der Waals surface area contributed by atoms with Gasteiger partial charge in [0.15, 0.2) is 5.88 Å². The van der Waals surface area contributed by atoms with Gasteiger partial charge in [-0.1, -0.05) is 36.4 Å². The zero-order valence-electron chi connectivity index (χ0n) is 27.4. The Bertz CT molecular complexity index is 1770. The van der Waals surface area contributed by atoms with Gasteiger partial charge in [0, 0.05) is 68.3 Å². The van der Waals surface area contributed by atoms with Crippen LogP contribution < -0.4 is 4.90 Å². The minimum absolute atomic E-state index is 0.0177. The first kappa shape index (κ1) is 33.2. The number of carbonyl (C=O) groups is 3. The molecule has 0 aliphatic carbocycles. The van der Waals surface area contributed by atoms with Crippen molar-refractivity contribution in [1.29, 1.82) is 0 Å². The Morgan fingerprint density at radius 3 is 2.26 bits per heavy atom. The number of rotatable bonds is 8. The Hall–Kier alpha value is -5.16. The molecule has 4 aromatic rings. The molecule has 2 amide bonds. The summed E-state index contributed by atoms with van der Waals surface area (Å²) in [6.07, 6.45) is 0.0440. The van der Waals surface area contributed by atoms with E-state index in [2.05, 4.69) is 9.88 Å². The zero-order chi connectivity index (χ0) is 33.7. The van der Waals surface area contributed by atoms with Crippen LogP contribution in [0.3, 0.4) is 0 Å². The highest BCUT2D eigenvalue weighted by Gasteiger charge is 2.26. The summed E-state index contributed by atoms with van der Waals surface area (Å²) < 4.78 is 10.3. The summed E-state index contributed by atoms with van der Waals surface area (Å²) >= 11 is 0. The molecule has 0 spiro atoms. The van der Waals surface area contributed by atoms with Crippen LogP contribution in [0, 0.1) is 0 Å². The van der Waals surface area contributed by atoms with Crippen LogP contribution in [0.2, 0.25) is 0 Å². The van der Waals surface area contributed by atoms with Crippen molar-refractivity contribution in [2.24, 2.45) is 4.99 Å². The van der Waals surface area contributed by atoms with Crippen LogP contribution in [0.4, 0.5) is 16.2 Å². The second-order valence-electron chi connectivity index (χ2n) is 12.5. The van der Waals surface area contributed by atoms with Crippen molar-refractivity contribution in [1.82, 2.24) is 14.8 Å². The lowest BCUT2D eigenvalue weighted by molar-refractivity contribution is -0.118. The number of aromatic amines is 1. The van der Waals surface area contributed by atoms with E-state index in [4.69, 9.17) is 14.5 Å². The summed E-state index contributed by atoms with van der Waals surface area (Å²) in [5.41, 5.74) is 3.62. The van der Waals surface area contributed by atoms with Gasteiger partial charge in [-0.25, -0.2) is 14.6 Å². The van der Waals surface area contributed by atoms with E-state index >= 15 is 0 Å². The molecule has 0 radical (unpaired) electrons. The third-order valence-corrected chi connectivity index (χ3v) is 8.00. The molecule has 0 atom stereocenters. The highest BCUT2D eigenvalue weighted by atomic mass is 16.6. The standard InChI is InChI=1S/C36H41N5O6/c1-36(2,3)47-35(45)41-21-19-40(20-22-41)18-17-30(42)39(4)27-14-12-26(13-15-27)37-32(24-9-7-6-8-10-24)31-28-16-11-25(34(44)46-5)23-29(28)38-33(31)43/h6-16,23,38,43H,17-22H2,1-5H3. The van der Waals surface area contributed by atoms with Crippen LogP contribution in [0.5, 0.6) is 5.88 Å². The summed E-state index contributed by atoms with van der Waals surface area (Å²) in [5, 5.41) is 11.7. The summed E-state index contributed by atoms with van der Waals surface area (Å²) in [5.74, 6) is -0.560. The number of hydrogen-bond acceptors (Lipinski definition) is 8. The first-order valence-corrected chi connectivity index (χ1v) is 15.6. The fourth-order valence-electron chi connectivity index (χ4n) is 5.45. The highest BCUT2D eigenvalue weighted by Crippen LogP contribution is 2.32. The summed E-state index contributed by atoms with van der Waals surface area (Å²) in [6, 6.07) is 21.9. The molecule has 2 N–H and O–H groups in total. The maximum absolute atomic E-state index is 13.1. The number of benzene rings is 3. The third-order valence-electron chi connectivity index (χ3n) is 8.00. The minimum Gasteiger partial charge on any atom is -0.494 e. The Balaban J connectivity index is 1.28. The Labute approximate surface area is 274 Å². The SMILES string of the molecule is COC(=O)c1ccc2c(C(=Nc3ccc(N(C)C(=O)CCN4CCN(C(=O)OC(C)(C)C)CC4)cc3)c3ccccc3)c(O)[nH]c2c1. The van der Waals surface area contributed by atoms with Gasteiger partial charge in [-0.05, 0) is 57.2 Å². The largest absolute Gasteiger partial charge is 0.494 e. The van der Waals surface area contributed by atoms with Crippen LogP contribution in [0.25, 0.3) is 10.9 Å². The second kappa shape index (κ2) is 14.1. The van der Waals surface area contributed by atoms with E-state index < -0.39 is 11.6 Å². The Morgan fingerprint density at radius 2 is 1.62 bits per heavy atom. The van der Waals surface area contributed by atoms with Crippen molar-refractivity contribution >= 4 is 46.0 Å². The van der Waals surface area contributed by atoms with Gasteiger partial charge in [-0.3, -0.25) is 9.69 Å². The van der Waals surface area contributed by atoms with Crippen LogP contribution in [-0.2, 0) is 14.3 Å². The van der Waals surface area contributed by atoms with Crippen molar-refractivity contribution in [2.45, 2.75) is 32.8 Å². The smallest absolute Gasteiger partial charge is 0.410 e. The number of esters is 1. The van der Waals surface area contributed by atoms with Gasteiger partial charge in [-0.15, -0.1) is 0 Å². The van der Waals surface area contributed by atoms with Gasteiger partial charge in [-0.2, -0.15) is 0 Å². The Morgan fingerprint density at radius 1 is 0.936 bits per heavy atom. The topological polar surface area (TPSA) is 128 Å². The molecule has 0 unspecified atom stereocenters. The zero-order valence-corrected chi connectivity index (χ0v) is 27.4. The number of aliphatic imine (C=N–C) groups is 1. The number of piperazine rings is 1. The molecule has 1 saturated heterocycles. The van der Waals surface area contributed by atoms with E-state index in [1.165, 1.54) is 7.11 Å². The number of aromatic nitrogens is 1. The quantitative estimate of drug-likeness (QED) is 0.186. The summed E-state index contributed by atoms with van der Waals surface area (Å²) in [7, 11) is 3.07. The number of fused-ring (bicyclic) bond motifs is 1. The van der Waals surface area contributed by atoms with Crippen molar-refractivity contribution < 1.29 is 29.0 Å². The van der Waals surface area contributed by atoms with E-state index in [0.717, 1.165) is 11.3 Å². The van der Waals surface area contributed by atoms with E-state index in [0.29, 0.717) is 72.6 Å². The van der Waals surface area contributed by atoms with Crippen molar-refractivity contribution in [3.05, 3.63) is 89.5 Å². The molecule has 5 rings (SSSR count). The lowest BCUT2D eigenvalue weighted by atomic mass is 10.00. The van der Waals surface area contributed by atoms with Gasteiger partial charge < -0.3 is 29.4 Å². The minimum atomic E-state index is -0.529. The number of amides is 2. The first-order chi connectivity index (χ1) is 22.4. The van der Waals surface area contributed by atoms with Crippen LogP contribution >= 0.6 is 0 Å². The number of carbonyl (C=O) groups excluding carboxylic acids is 3. The molecule has 1 fully saturated rings. The predicted molar refractivity (Wildman–Crippen MR) is 182 cm³/mol. The molecule has 1 aliphatic heterocycles. The lowest BCUT2D eigenvalue weighted by Gasteiger charge is -2.35. The average Bonchev–Trinajstić information content (AvgIpc) is 3.40. The van der Waals surface area contributed by atoms with Crippen molar-refractivity contribution in [3.63, 3.8) is 0 Å². The lowest BCUT2D eigenvalue weighted by Crippen LogP contribution is -2.50. The monoisotopic (exact) mass is 639 g/mol. The number of ether oxygens (including phenoxy) is 2. The highest BCUT2D eigenvalue weighted by molar-refractivity contribution is 6.22. The number of hydrogen-bond donors (Lipinski definition) is 2. The Kier molecular flexibility index (Phi) is 9.95. The number of methoxy groups -OCH3 is 1. The number of nitrogens with zero attached hydrogens (tertiary/aromatic N) is 4. The number of nitrogens with one attached hydrogen (secondary N) is 1. The molecule has 1 aromatic heterocycles. The second-order valence-corrected chi connectivity index (χ2v) is 12.5. The first-order valence-electron chi connectivity index (χ1n) is 15.6. The van der Waals surface area contributed by atoms with E-state index in [-0.39, 0.29) is 17.9 Å². The molecule has 11 heteroatoms. The molecule has 1 aliphatic rings. The van der Waals surface area contributed by atoms with E-state index in [9.17, 15) is 19.5 Å². The number of anilines is 1. The van der Waals surface area contributed by atoms with Gasteiger partial charge in [0.05, 0.1) is 29.6 Å². The van der Waals surface area contributed by atoms with Gasteiger partial charge in [0.25, 0.3) is 0 Å². The molecule has 246 valence electrons. The van der Waals surface area contributed by atoms with Crippen molar-refractivity contribution in [2.75, 3.05) is 51.8 Å². The summed E-state index contributed by atoms with van der Waals surface area (Å²) in [6.45, 7) is 8.67. The average molecular weight is 640 g/mol. The fourth-order valence-corrected chi connectivity index (χ4v) is 5.45. The van der Waals surface area contributed by atoms with Crippen LogP contribution in [-0.4, -0.2) is 96.1 Å². The maximum atomic E-state index is 13.1. The van der Waals surface area contributed by atoms with Crippen LogP contribution in [0.15, 0.2) is 77.8 Å². The predicted octanol–water partition coefficient (Wildman–Crippen LogP) is 5.73. The third kappa shape index (κ3) is 7.98. The van der Waals surface area contributed by atoms with Crippen LogP contribution in [0.1, 0.15) is 48.7 Å². The van der Waals surface area contributed by atoms with E-state index in [1.54, 1.807) is 35.0 Å². The van der Waals surface area contributed by atoms with E-state index in [1.807, 2.05) is 75.4 Å². The molecule has 11 nitrogen and oxygen atoms in total. The number of aromatic hydroxyl groups is 1.